The molecule has 0 radical (unpaired) electrons. The van der Waals surface area contributed by atoms with E-state index in [1.807, 2.05) is 0 Å². The predicted octanol–water partition coefficient (Wildman–Crippen LogP) is -1.39. The van der Waals surface area contributed by atoms with Crippen molar-refractivity contribution in [3.8, 4) is 0 Å². The molecule has 1 atom stereocenters. The average Bonchev–Trinajstić information content (AvgIpc) is 1.82. The Kier molecular flexibility index (Phi) is 9.53. The molecule has 0 aromatic heterocycles. The molecule has 6 heteroatoms. The first-order valence-corrected chi connectivity index (χ1v) is 2.74. The molecular formula is C5H10NO4Rb. The summed E-state index contributed by atoms with van der Waals surface area (Å²) < 4.78 is 0. The van der Waals surface area contributed by atoms with Gasteiger partial charge in [0.25, 0.3) is 0 Å². The third-order valence-electron chi connectivity index (χ3n) is 0.986. The zero-order valence-electron chi connectivity index (χ0n) is 5.28. The van der Waals surface area contributed by atoms with E-state index in [0.717, 1.165) is 0 Å². The number of aliphatic carboxylic acids is 2. The summed E-state index contributed by atoms with van der Waals surface area (Å²) in [7, 11) is 0. The van der Waals surface area contributed by atoms with Crippen molar-refractivity contribution in [1.29, 1.82) is 0 Å². The van der Waals surface area contributed by atoms with E-state index >= 15 is 0 Å². The van der Waals surface area contributed by atoms with Crippen molar-refractivity contribution in [2.75, 3.05) is 0 Å². The topological polar surface area (TPSA) is 101 Å². The Morgan fingerprint density at radius 1 is 1.36 bits per heavy atom. The van der Waals surface area contributed by atoms with Crippen LogP contribution in [0.2, 0.25) is 0 Å². The van der Waals surface area contributed by atoms with E-state index in [0.29, 0.717) is 0 Å². The van der Waals surface area contributed by atoms with Gasteiger partial charge < -0.3 is 15.9 Å². The zero-order chi connectivity index (χ0) is 8.15. The maximum atomic E-state index is 9.99. The quantitative estimate of drug-likeness (QED) is 0.555. The molecule has 0 heterocycles. The summed E-state index contributed by atoms with van der Waals surface area (Å²) in [5.41, 5.74) is 5.00. The molecule has 0 aromatic rings. The molecule has 60 valence electrons. The summed E-state index contributed by atoms with van der Waals surface area (Å²) >= 11 is 0. The molecule has 11 heavy (non-hydrogen) atoms. The Morgan fingerprint density at radius 3 is 2.09 bits per heavy atom. The fourth-order valence-electron chi connectivity index (χ4n) is 0.402. The van der Waals surface area contributed by atoms with Gasteiger partial charge >= 0.3 is 70.1 Å². The van der Waals surface area contributed by atoms with Crippen LogP contribution in [0.5, 0.6) is 0 Å². The molecule has 0 bridgehead atoms. The van der Waals surface area contributed by atoms with Crippen molar-refractivity contribution in [3.63, 3.8) is 0 Å². The summed E-state index contributed by atoms with van der Waals surface area (Å²) in [6, 6.07) is -1.06. The molecule has 4 N–H and O–H groups in total. The Labute approximate surface area is 113 Å². The molecule has 0 fully saturated rings. The normalized spacial score (nSPS) is 11.4. The Morgan fingerprint density at radius 2 is 1.82 bits per heavy atom. The van der Waals surface area contributed by atoms with Crippen LogP contribution in [0.1, 0.15) is 12.8 Å². The van der Waals surface area contributed by atoms with Gasteiger partial charge in [-0.3, -0.25) is 9.59 Å². The van der Waals surface area contributed by atoms with Gasteiger partial charge in [-0.1, -0.05) is 0 Å². The van der Waals surface area contributed by atoms with Gasteiger partial charge in [-0.25, -0.2) is 0 Å². The van der Waals surface area contributed by atoms with Crippen LogP contribution in [-0.4, -0.2) is 86.4 Å². The van der Waals surface area contributed by atoms with Crippen molar-refractivity contribution in [1.82, 2.24) is 0 Å². The molecule has 0 amide bonds. The average molecular weight is 234 g/mol. The first-order chi connectivity index (χ1) is 4.54. The van der Waals surface area contributed by atoms with Crippen LogP contribution in [0.15, 0.2) is 0 Å². The first-order valence-electron chi connectivity index (χ1n) is 2.74. The van der Waals surface area contributed by atoms with E-state index in [1.165, 1.54) is 0 Å². The third kappa shape index (κ3) is 8.61. The number of carboxylic acids is 2. The van der Waals surface area contributed by atoms with Gasteiger partial charge in [-0.2, -0.15) is 0 Å². The number of hydrogen-bond donors (Lipinski definition) is 3. The van der Waals surface area contributed by atoms with Gasteiger partial charge in [-0.05, 0) is 6.42 Å². The zero-order valence-corrected chi connectivity index (χ0v) is 5.28. The van der Waals surface area contributed by atoms with E-state index in [4.69, 9.17) is 15.9 Å². The van der Waals surface area contributed by atoms with Crippen LogP contribution in [0, 0.1) is 0 Å². The predicted molar refractivity (Wildman–Crippen MR) is 39.6 cm³/mol. The molecule has 0 aliphatic carbocycles. The summed E-state index contributed by atoms with van der Waals surface area (Å²) in [5, 5.41) is 16.3. The molecule has 0 saturated carbocycles. The van der Waals surface area contributed by atoms with Gasteiger partial charge in [0.1, 0.15) is 6.04 Å². The van der Waals surface area contributed by atoms with Crippen molar-refractivity contribution in [3.05, 3.63) is 0 Å². The van der Waals surface area contributed by atoms with Crippen molar-refractivity contribution < 1.29 is 19.8 Å². The molecule has 0 aromatic carbocycles. The van der Waals surface area contributed by atoms with Gasteiger partial charge in [0.15, 0.2) is 0 Å². The van der Waals surface area contributed by atoms with E-state index < -0.39 is 18.0 Å². The molecule has 0 unspecified atom stereocenters. The molecular weight excluding hydrogens is 224 g/mol. The van der Waals surface area contributed by atoms with E-state index in [-0.39, 0.29) is 71.0 Å². The Balaban J connectivity index is 0. The Hall–Kier alpha value is 0.705. The third-order valence-corrected chi connectivity index (χ3v) is 0.986. The Bertz CT molecular complexity index is 149. The fraction of sp³-hybridized carbons (Fsp3) is 0.600. The second-order valence-electron chi connectivity index (χ2n) is 1.88. The summed E-state index contributed by atoms with van der Waals surface area (Å²) in [6.07, 6.45) is -0.224. The van der Waals surface area contributed by atoms with E-state index in [2.05, 4.69) is 0 Å². The van der Waals surface area contributed by atoms with Crippen molar-refractivity contribution in [2.45, 2.75) is 18.9 Å². The molecule has 0 spiro atoms. The number of carbonyl (C=O) groups is 2. The van der Waals surface area contributed by atoms with Gasteiger partial charge in [0.2, 0.25) is 0 Å². The van der Waals surface area contributed by atoms with Crippen molar-refractivity contribution in [2.24, 2.45) is 5.73 Å². The van der Waals surface area contributed by atoms with Crippen LogP contribution in [0.25, 0.3) is 0 Å². The van der Waals surface area contributed by atoms with Crippen LogP contribution < -0.4 is 5.73 Å². The van der Waals surface area contributed by atoms with E-state index in [9.17, 15) is 9.59 Å². The van der Waals surface area contributed by atoms with Crippen LogP contribution in [0.3, 0.4) is 0 Å². The number of carboxylic acid groups (broad SMARTS) is 2. The monoisotopic (exact) mass is 233 g/mol. The second-order valence-corrected chi connectivity index (χ2v) is 1.88. The summed E-state index contributed by atoms with van der Waals surface area (Å²) in [5.74, 6) is -2.20. The second kappa shape index (κ2) is 7.36. The van der Waals surface area contributed by atoms with Gasteiger partial charge in [0.05, 0.1) is 0 Å². The minimum atomic E-state index is -1.17. The summed E-state index contributed by atoms with van der Waals surface area (Å²) in [6.45, 7) is 0. The maximum absolute atomic E-state index is 9.99. The minimum absolute atomic E-state index is 0. The standard InChI is InChI=1S/C5H9NO4.Rb.H/c6-3(5(9)10)1-2-4(7)8;;/h3H,1-2,6H2,(H,7,8)(H,9,10);;/t3-;;/m0../s1. The molecule has 0 aliphatic heterocycles. The van der Waals surface area contributed by atoms with Gasteiger partial charge in [-0.15, -0.1) is 0 Å². The van der Waals surface area contributed by atoms with Gasteiger partial charge in [0, 0.05) is 6.42 Å². The van der Waals surface area contributed by atoms with Crippen LogP contribution in [-0.2, 0) is 9.59 Å². The van der Waals surface area contributed by atoms with Crippen LogP contribution >= 0.6 is 0 Å². The van der Waals surface area contributed by atoms with Crippen molar-refractivity contribution >= 4 is 70.1 Å². The fourth-order valence-corrected chi connectivity index (χ4v) is 0.402. The SMILES string of the molecule is N[C@@H](CCC(=O)O)C(=O)O.[RbH]. The number of rotatable bonds is 4. The first kappa shape index (κ1) is 14.2. The molecule has 0 aliphatic rings. The molecule has 0 saturated heterocycles. The molecule has 0 rings (SSSR count). The summed E-state index contributed by atoms with van der Waals surface area (Å²) in [4.78, 5) is 19.9. The number of nitrogens with two attached hydrogens (primary N) is 1. The number of hydrogen-bond acceptors (Lipinski definition) is 3. The van der Waals surface area contributed by atoms with E-state index in [1.54, 1.807) is 0 Å². The van der Waals surface area contributed by atoms with Crippen LogP contribution in [0.4, 0.5) is 0 Å². The molecule has 5 nitrogen and oxygen atoms in total.